The number of ether oxygens (including phenoxy) is 1. The third kappa shape index (κ3) is 2.39. The molecule has 0 aromatic heterocycles. The van der Waals surface area contributed by atoms with Crippen LogP contribution in [0.4, 0.5) is 0 Å². The minimum atomic E-state index is -0.0632. The molecule has 1 aliphatic rings. The van der Waals surface area contributed by atoms with Crippen LogP contribution < -0.4 is 0 Å². The van der Waals surface area contributed by atoms with Crippen molar-refractivity contribution in [2.24, 2.45) is 5.92 Å². The van der Waals surface area contributed by atoms with Gasteiger partial charge in [0.05, 0.1) is 12.0 Å². The van der Waals surface area contributed by atoms with Gasteiger partial charge in [-0.25, -0.2) is 0 Å². The molecule has 1 aliphatic heterocycles. The normalized spacial score (nSPS) is 20.1. The van der Waals surface area contributed by atoms with Crippen molar-refractivity contribution in [2.75, 3.05) is 13.2 Å². The summed E-state index contributed by atoms with van der Waals surface area (Å²) in [6.45, 7) is 3.56. The van der Waals surface area contributed by atoms with Crippen LogP contribution in [0.25, 0.3) is 0 Å². The summed E-state index contributed by atoms with van der Waals surface area (Å²) in [6, 6.07) is 10.4. The van der Waals surface area contributed by atoms with Gasteiger partial charge in [0.1, 0.15) is 0 Å². The van der Waals surface area contributed by atoms with Gasteiger partial charge in [0.15, 0.2) is 0 Å². The second kappa shape index (κ2) is 5.73. The topological polar surface area (TPSA) is 33.0 Å². The zero-order valence-electron chi connectivity index (χ0n) is 10.7. The number of hydrogen-bond donors (Lipinski definition) is 0. The molecule has 2 rings (SSSR count). The minimum Gasteiger partial charge on any atom is -0.381 e. The average molecular weight is 264 g/mol. The summed E-state index contributed by atoms with van der Waals surface area (Å²) >= 11 is 5.95. The maximum absolute atomic E-state index is 9.44. The van der Waals surface area contributed by atoms with Crippen LogP contribution in [0.1, 0.15) is 31.7 Å². The molecule has 0 spiro atoms. The Morgan fingerprint density at radius 1 is 1.33 bits per heavy atom. The lowest BCUT2D eigenvalue weighted by Crippen LogP contribution is -2.40. The Hall–Kier alpha value is -1.04. The number of nitrogens with zero attached hydrogens (tertiary/aromatic N) is 1. The molecule has 96 valence electrons. The Morgan fingerprint density at radius 2 is 1.94 bits per heavy atom. The van der Waals surface area contributed by atoms with Crippen LogP contribution in [0.5, 0.6) is 0 Å². The maximum atomic E-state index is 9.44. The fourth-order valence-corrected chi connectivity index (χ4v) is 3.09. The van der Waals surface area contributed by atoms with Crippen molar-refractivity contribution >= 4 is 11.6 Å². The largest absolute Gasteiger partial charge is 0.381 e. The van der Waals surface area contributed by atoms with E-state index in [-0.39, 0.29) is 11.3 Å². The van der Waals surface area contributed by atoms with Crippen molar-refractivity contribution in [3.05, 3.63) is 34.9 Å². The van der Waals surface area contributed by atoms with E-state index in [1.54, 1.807) is 0 Å². The third-order valence-electron chi connectivity index (χ3n) is 4.04. The molecule has 1 heterocycles. The van der Waals surface area contributed by atoms with Gasteiger partial charge >= 0.3 is 0 Å². The van der Waals surface area contributed by atoms with Crippen LogP contribution in [0.15, 0.2) is 24.3 Å². The van der Waals surface area contributed by atoms with Gasteiger partial charge in [0.25, 0.3) is 0 Å². The predicted octanol–water partition coefficient (Wildman–Crippen LogP) is 3.94. The van der Waals surface area contributed by atoms with E-state index >= 15 is 0 Å². The lowest BCUT2D eigenvalue weighted by molar-refractivity contribution is 0.0346. The van der Waals surface area contributed by atoms with E-state index in [0.717, 1.165) is 37.5 Å². The molecular weight excluding hydrogens is 246 g/mol. The smallest absolute Gasteiger partial charge is 0.0665 e. The first-order chi connectivity index (χ1) is 8.73. The summed E-state index contributed by atoms with van der Waals surface area (Å²) in [4.78, 5) is 0. The van der Waals surface area contributed by atoms with Crippen molar-refractivity contribution in [1.29, 1.82) is 5.26 Å². The number of benzene rings is 1. The molecule has 0 radical (unpaired) electrons. The highest BCUT2D eigenvalue weighted by molar-refractivity contribution is 6.30. The van der Waals surface area contributed by atoms with Gasteiger partial charge in [-0.2, -0.15) is 5.26 Å². The van der Waals surface area contributed by atoms with Gasteiger partial charge in [-0.1, -0.05) is 30.7 Å². The number of halogens is 1. The standard InChI is InChI=1S/C15H18ClNO/c1-2-12(11-17)15(7-9-18-10-8-15)13-3-5-14(16)6-4-13/h3-6,12H,2,7-10H2,1H3. The molecule has 3 heteroatoms. The molecule has 1 aromatic rings. The molecule has 1 unspecified atom stereocenters. The van der Waals surface area contributed by atoms with Crippen molar-refractivity contribution in [1.82, 2.24) is 0 Å². The monoisotopic (exact) mass is 263 g/mol. The fourth-order valence-electron chi connectivity index (χ4n) is 2.96. The van der Waals surface area contributed by atoms with Gasteiger partial charge in [0, 0.05) is 23.7 Å². The van der Waals surface area contributed by atoms with Crippen molar-refractivity contribution in [3.8, 4) is 6.07 Å². The summed E-state index contributed by atoms with van der Waals surface area (Å²) in [5, 5.41) is 10.2. The third-order valence-corrected chi connectivity index (χ3v) is 4.29. The van der Waals surface area contributed by atoms with Gasteiger partial charge in [0.2, 0.25) is 0 Å². The molecule has 2 nitrogen and oxygen atoms in total. The molecular formula is C15H18ClNO. The maximum Gasteiger partial charge on any atom is 0.0665 e. The fraction of sp³-hybridized carbons (Fsp3) is 0.533. The molecule has 0 amide bonds. The van der Waals surface area contributed by atoms with E-state index in [4.69, 9.17) is 16.3 Å². The van der Waals surface area contributed by atoms with Crippen LogP contribution in [0.3, 0.4) is 0 Å². The number of hydrogen-bond acceptors (Lipinski definition) is 2. The molecule has 18 heavy (non-hydrogen) atoms. The summed E-state index contributed by atoms with van der Waals surface area (Å²) in [6.07, 6.45) is 2.71. The highest BCUT2D eigenvalue weighted by Gasteiger charge is 2.41. The molecule has 0 N–H and O–H groups in total. The summed E-state index contributed by atoms with van der Waals surface area (Å²) in [5.41, 5.74) is 1.16. The Labute approximate surface area is 114 Å². The SMILES string of the molecule is CCC(C#N)C1(c2ccc(Cl)cc2)CCOCC1. The lowest BCUT2D eigenvalue weighted by atomic mass is 9.65. The quantitative estimate of drug-likeness (QED) is 0.828. The Morgan fingerprint density at radius 3 is 2.44 bits per heavy atom. The number of nitriles is 1. The number of rotatable bonds is 3. The van der Waals surface area contributed by atoms with Crippen LogP contribution in [0.2, 0.25) is 5.02 Å². The Balaban J connectivity index is 2.41. The molecule has 1 atom stereocenters. The van der Waals surface area contributed by atoms with E-state index < -0.39 is 0 Å². The first kappa shape index (κ1) is 13.4. The summed E-state index contributed by atoms with van der Waals surface area (Å²) < 4.78 is 5.47. The van der Waals surface area contributed by atoms with Crippen molar-refractivity contribution in [2.45, 2.75) is 31.6 Å². The molecule has 0 saturated carbocycles. The van der Waals surface area contributed by atoms with Crippen LogP contribution in [0, 0.1) is 17.2 Å². The molecule has 1 fully saturated rings. The second-order valence-electron chi connectivity index (χ2n) is 4.87. The Bertz CT molecular complexity index is 429. The van der Waals surface area contributed by atoms with Gasteiger partial charge in [-0.3, -0.25) is 0 Å². The van der Waals surface area contributed by atoms with Crippen LogP contribution in [-0.2, 0) is 10.2 Å². The van der Waals surface area contributed by atoms with E-state index in [0.29, 0.717) is 0 Å². The summed E-state index contributed by atoms with van der Waals surface area (Å²) in [5.74, 6) is 0.0441. The molecule has 0 aliphatic carbocycles. The highest BCUT2D eigenvalue weighted by Crippen LogP contribution is 2.43. The van der Waals surface area contributed by atoms with E-state index in [1.807, 2.05) is 12.1 Å². The van der Waals surface area contributed by atoms with Crippen LogP contribution >= 0.6 is 11.6 Å². The first-order valence-corrected chi connectivity index (χ1v) is 6.84. The molecule has 1 saturated heterocycles. The van der Waals surface area contributed by atoms with Crippen molar-refractivity contribution < 1.29 is 4.74 Å². The summed E-state index contributed by atoms with van der Waals surface area (Å²) in [7, 11) is 0. The molecule has 0 bridgehead atoms. The minimum absolute atomic E-state index is 0.0441. The van der Waals surface area contributed by atoms with Gasteiger partial charge in [-0.15, -0.1) is 0 Å². The van der Waals surface area contributed by atoms with Gasteiger partial charge in [-0.05, 0) is 37.0 Å². The first-order valence-electron chi connectivity index (χ1n) is 6.46. The van der Waals surface area contributed by atoms with Gasteiger partial charge < -0.3 is 4.74 Å². The zero-order valence-corrected chi connectivity index (χ0v) is 11.4. The second-order valence-corrected chi connectivity index (χ2v) is 5.30. The van der Waals surface area contributed by atoms with E-state index in [9.17, 15) is 5.26 Å². The zero-order chi connectivity index (χ0) is 13.0. The lowest BCUT2D eigenvalue weighted by Gasteiger charge is -2.41. The van der Waals surface area contributed by atoms with E-state index in [1.165, 1.54) is 5.56 Å². The van der Waals surface area contributed by atoms with Crippen LogP contribution in [-0.4, -0.2) is 13.2 Å². The molecule has 1 aromatic carbocycles. The van der Waals surface area contributed by atoms with E-state index in [2.05, 4.69) is 25.1 Å². The Kier molecular flexibility index (Phi) is 4.27. The highest BCUT2D eigenvalue weighted by atomic mass is 35.5. The predicted molar refractivity (Wildman–Crippen MR) is 72.6 cm³/mol. The average Bonchev–Trinajstić information content (AvgIpc) is 2.42. The van der Waals surface area contributed by atoms with Crippen molar-refractivity contribution in [3.63, 3.8) is 0 Å².